The molecule has 3 nitrogen and oxygen atoms in total. The average molecular weight is 321 g/mol. The molecule has 3 rings (SSSR count). The highest BCUT2D eigenvalue weighted by atomic mass is 14.8. The predicted octanol–water partition coefficient (Wildman–Crippen LogP) is 5.89. The molecule has 0 fully saturated rings. The molecule has 0 saturated heterocycles. The van der Waals surface area contributed by atoms with Crippen LogP contribution in [0.15, 0.2) is 46.7 Å². The smallest absolute Gasteiger partial charge is 0.0657 e. The first-order chi connectivity index (χ1) is 11.7. The standard InChI is InChI=1S/C21H27N3/c1-4-6-7-9-17-12-18(23-15(17)3)14-20-16(5-2)13-21(24-20)19-10-8-11-22-19/h8,10-14,22,24H,4-7,9H2,1-3H3/b18-14-. The minimum Gasteiger partial charge on any atom is -0.360 e. The highest BCUT2D eigenvalue weighted by molar-refractivity contribution is 6.02. The number of rotatable bonds is 7. The van der Waals surface area contributed by atoms with E-state index in [2.05, 4.69) is 55.0 Å². The fraction of sp³-hybridized carbons (Fsp3) is 0.381. The highest BCUT2D eigenvalue weighted by Gasteiger charge is 2.13. The van der Waals surface area contributed by atoms with Crippen molar-refractivity contribution in [1.82, 2.24) is 9.97 Å². The van der Waals surface area contributed by atoms with Gasteiger partial charge >= 0.3 is 0 Å². The van der Waals surface area contributed by atoms with E-state index in [1.807, 2.05) is 12.3 Å². The van der Waals surface area contributed by atoms with Crippen LogP contribution in [0.5, 0.6) is 0 Å². The molecule has 1 aliphatic heterocycles. The average Bonchev–Trinajstić information content (AvgIpc) is 3.28. The Balaban J connectivity index is 1.83. The number of nitrogens with one attached hydrogen (secondary N) is 2. The van der Waals surface area contributed by atoms with E-state index in [4.69, 9.17) is 4.99 Å². The van der Waals surface area contributed by atoms with Gasteiger partial charge in [-0.1, -0.05) is 26.7 Å². The first-order valence-electron chi connectivity index (χ1n) is 9.04. The lowest BCUT2D eigenvalue weighted by molar-refractivity contribution is 0.722. The summed E-state index contributed by atoms with van der Waals surface area (Å²) in [6, 6.07) is 6.34. The summed E-state index contributed by atoms with van der Waals surface area (Å²) in [6.45, 7) is 6.56. The van der Waals surface area contributed by atoms with E-state index >= 15 is 0 Å². The van der Waals surface area contributed by atoms with Crippen LogP contribution in [-0.4, -0.2) is 15.7 Å². The van der Waals surface area contributed by atoms with E-state index in [0.29, 0.717) is 0 Å². The third-order valence-corrected chi connectivity index (χ3v) is 4.63. The largest absolute Gasteiger partial charge is 0.360 e. The lowest BCUT2D eigenvalue weighted by atomic mass is 10.0. The van der Waals surface area contributed by atoms with Gasteiger partial charge in [-0.2, -0.15) is 0 Å². The Morgan fingerprint density at radius 1 is 1.17 bits per heavy atom. The van der Waals surface area contributed by atoms with E-state index in [1.165, 1.54) is 41.8 Å². The van der Waals surface area contributed by atoms with Crippen molar-refractivity contribution in [3.63, 3.8) is 0 Å². The molecule has 0 spiro atoms. The van der Waals surface area contributed by atoms with Crippen molar-refractivity contribution in [3.05, 3.63) is 53.0 Å². The van der Waals surface area contributed by atoms with Gasteiger partial charge in [-0.25, -0.2) is 0 Å². The minimum absolute atomic E-state index is 1.01. The molecular formula is C21H27N3. The van der Waals surface area contributed by atoms with Crippen molar-refractivity contribution in [3.8, 4) is 11.4 Å². The molecule has 0 radical (unpaired) electrons. The topological polar surface area (TPSA) is 43.9 Å². The molecule has 0 atom stereocenters. The number of aliphatic imine (C=N–C) groups is 1. The lowest BCUT2D eigenvalue weighted by Crippen LogP contribution is -1.92. The van der Waals surface area contributed by atoms with Gasteiger partial charge in [0, 0.05) is 17.6 Å². The molecular weight excluding hydrogens is 294 g/mol. The van der Waals surface area contributed by atoms with Crippen molar-refractivity contribution >= 4 is 11.8 Å². The van der Waals surface area contributed by atoms with Crippen molar-refractivity contribution in [2.24, 2.45) is 4.99 Å². The van der Waals surface area contributed by atoms with Gasteiger partial charge in [0.05, 0.1) is 17.1 Å². The number of aryl methyl sites for hydroxylation is 1. The molecule has 0 bridgehead atoms. The Labute approximate surface area is 144 Å². The van der Waals surface area contributed by atoms with E-state index < -0.39 is 0 Å². The van der Waals surface area contributed by atoms with E-state index in [-0.39, 0.29) is 0 Å². The zero-order chi connectivity index (χ0) is 16.9. The van der Waals surface area contributed by atoms with E-state index in [9.17, 15) is 0 Å². The van der Waals surface area contributed by atoms with Gasteiger partial charge in [0.1, 0.15) is 0 Å². The molecule has 0 saturated carbocycles. The normalized spacial score (nSPS) is 15.9. The maximum absolute atomic E-state index is 4.75. The number of allylic oxidation sites excluding steroid dienone is 2. The highest BCUT2D eigenvalue weighted by Crippen LogP contribution is 2.26. The van der Waals surface area contributed by atoms with Crippen LogP contribution < -0.4 is 0 Å². The first kappa shape index (κ1) is 16.6. The number of aromatic amines is 2. The number of nitrogens with zero attached hydrogens (tertiary/aromatic N) is 1. The van der Waals surface area contributed by atoms with Gasteiger partial charge in [0.2, 0.25) is 0 Å². The second-order valence-electron chi connectivity index (χ2n) is 6.45. The number of unbranched alkanes of at least 4 members (excludes halogenated alkanes) is 2. The quantitative estimate of drug-likeness (QED) is 0.597. The summed E-state index contributed by atoms with van der Waals surface area (Å²) in [5.41, 5.74) is 8.38. The molecule has 0 aromatic carbocycles. The van der Waals surface area contributed by atoms with Crippen molar-refractivity contribution in [1.29, 1.82) is 0 Å². The summed E-state index contributed by atoms with van der Waals surface area (Å²) >= 11 is 0. The number of hydrogen-bond donors (Lipinski definition) is 2. The summed E-state index contributed by atoms with van der Waals surface area (Å²) in [7, 11) is 0. The monoisotopic (exact) mass is 321 g/mol. The molecule has 2 N–H and O–H groups in total. The molecule has 0 aliphatic carbocycles. The Hall–Kier alpha value is -2.29. The molecule has 24 heavy (non-hydrogen) atoms. The molecule has 0 unspecified atom stereocenters. The maximum Gasteiger partial charge on any atom is 0.0657 e. The van der Waals surface area contributed by atoms with Crippen LogP contribution >= 0.6 is 0 Å². The molecule has 126 valence electrons. The van der Waals surface area contributed by atoms with Gasteiger partial charge in [-0.05, 0) is 67.7 Å². The van der Waals surface area contributed by atoms with Crippen molar-refractivity contribution in [2.75, 3.05) is 0 Å². The van der Waals surface area contributed by atoms with Gasteiger partial charge in [-0.15, -0.1) is 0 Å². The second kappa shape index (κ2) is 7.52. The van der Waals surface area contributed by atoms with Crippen LogP contribution in [0.3, 0.4) is 0 Å². The summed E-state index contributed by atoms with van der Waals surface area (Å²) in [4.78, 5) is 11.5. The van der Waals surface area contributed by atoms with Crippen LogP contribution in [0.4, 0.5) is 0 Å². The van der Waals surface area contributed by atoms with Gasteiger partial charge in [0.15, 0.2) is 0 Å². The molecule has 3 heteroatoms. The molecule has 2 aromatic rings. The van der Waals surface area contributed by atoms with Gasteiger partial charge < -0.3 is 9.97 Å². The van der Waals surface area contributed by atoms with Gasteiger partial charge in [-0.3, -0.25) is 4.99 Å². The Kier molecular flexibility index (Phi) is 5.19. The molecule has 0 amide bonds. The fourth-order valence-electron chi connectivity index (χ4n) is 3.20. The first-order valence-corrected chi connectivity index (χ1v) is 9.04. The molecule has 1 aliphatic rings. The molecule has 2 aromatic heterocycles. The number of aromatic nitrogens is 2. The third kappa shape index (κ3) is 3.61. The zero-order valence-electron chi connectivity index (χ0n) is 14.9. The van der Waals surface area contributed by atoms with E-state index in [1.54, 1.807) is 0 Å². The maximum atomic E-state index is 4.75. The summed E-state index contributed by atoms with van der Waals surface area (Å²) < 4.78 is 0. The van der Waals surface area contributed by atoms with Crippen molar-refractivity contribution in [2.45, 2.75) is 52.9 Å². The van der Waals surface area contributed by atoms with E-state index in [0.717, 1.165) is 29.9 Å². The van der Waals surface area contributed by atoms with Crippen LogP contribution in [0, 0.1) is 0 Å². The number of hydrogen-bond acceptors (Lipinski definition) is 1. The van der Waals surface area contributed by atoms with Crippen molar-refractivity contribution < 1.29 is 0 Å². The fourth-order valence-corrected chi connectivity index (χ4v) is 3.20. The summed E-state index contributed by atoms with van der Waals surface area (Å²) in [5, 5.41) is 0. The Morgan fingerprint density at radius 3 is 2.75 bits per heavy atom. The number of H-pyrrole nitrogens is 2. The SMILES string of the molecule is CCCCCC1=C/C(=C/c2[nH]c(-c3ccc[nH]3)cc2CC)N=C1C. The summed E-state index contributed by atoms with van der Waals surface area (Å²) in [6.07, 6.45) is 12.3. The third-order valence-electron chi connectivity index (χ3n) is 4.63. The zero-order valence-corrected chi connectivity index (χ0v) is 14.9. The van der Waals surface area contributed by atoms with Crippen LogP contribution in [0.25, 0.3) is 17.5 Å². The lowest BCUT2D eigenvalue weighted by Gasteiger charge is -2.00. The van der Waals surface area contributed by atoms with Crippen LogP contribution in [0.1, 0.15) is 57.7 Å². The van der Waals surface area contributed by atoms with Gasteiger partial charge in [0.25, 0.3) is 0 Å². The minimum atomic E-state index is 1.01. The Morgan fingerprint density at radius 2 is 2.04 bits per heavy atom. The summed E-state index contributed by atoms with van der Waals surface area (Å²) in [5.74, 6) is 0. The Bertz CT molecular complexity index is 770. The molecule has 3 heterocycles. The van der Waals surface area contributed by atoms with Crippen LogP contribution in [0.2, 0.25) is 0 Å². The predicted molar refractivity (Wildman–Crippen MR) is 103 cm³/mol. The van der Waals surface area contributed by atoms with Crippen LogP contribution in [-0.2, 0) is 6.42 Å². The second-order valence-corrected chi connectivity index (χ2v) is 6.45.